The van der Waals surface area contributed by atoms with Gasteiger partial charge in [-0.3, -0.25) is 0 Å². The number of rotatable bonds is 0. The van der Waals surface area contributed by atoms with Gasteiger partial charge >= 0.3 is 0 Å². The molecular formula is C6H20NO6P2S2-5. The van der Waals surface area contributed by atoms with Gasteiger partial charge in [0.25, 0.3) is 0 Å². The first-order valence-corrected chi connectivity index (χ1v) is 9.40. The summed E-state index contributed by atoms with van der Waals surface area (Å²) in [5.41, 5.74) is 0. The first-order valence-electron chi connectivity index (χ1n) is 4.29. The van der Waals surface area contributed by atoms with E-state index in [0.29, 0.717) is 0 Å². The molecule has 0 spiro atoms. The van der Waals surface area contributed by atoms with Crippen molar-refractivity contribution in [2.24, 2.45) is 0 Å². The second-order valence-electron chi connectivity index (χ2n) is 2.31. The van der Waals surface area contributed by atoms with Crippen molar-refractivity contribution in [1.82, 2.24) is 6.15 Å². The average molecular weight is 328 g/mol. The van der Waals surface area contributed by atoms with Gasteiger partial charge in [0.05, 0.1) is 0 Å². The maximum atomic E-state index is 8.92. The van der Waals surface area contributed by atoms with Crippen molar-refractivity contribution in [2.75, 3.05) is 0 Å². The van der Waals surface area contributed by atoms with Gasteiger partial charge in [0.1, 0.15) is 0 Å². The summed E-state index contributed by atoms with van der Waals surface area (Å²) in [6, 6.07) is 0. The Labute approximate surface area is 113 Å². The molecule has 0 aliphatic rings. The smallest absolute Gasteiger partial charge is 0.0590 e. The van der Waals surface area contributed by atoms with E-state index in [-0.39, 0.29) is 6.15 Å². The van der Waals surface area contributed by atoms with Crippen LogP contribution in [0.4, 0.5) is 0 Å². The lowest BCUT2D eigenvalue weighted by Gasteiger charge is -2.43. The van der Waals surface area contributed by atoms with Crippen molar-refractivity contribution >= 4 is 37.1 Å². The number of hydrogen-bond donors (Lipinski definition) is 1. The Balaban J connectivity index is -0.0000000381. The van der Waals surface area contributed by atoms with Crippen LogP contribution < -0.4 is 35.5 Å². The molecule has 0 bridgehead atoms. The van der Waals surface area contributed by atoms with Gasteiger partial charge in [-0.15, -0.1) is 0 Å². The van der Waals surface area contributed by atoms with E-state index in [0.717, 1.165) is 0 Å². The predicted molar refractivity (Wildman–Crippen MR) is 66.5 cm³/mol. The van der Waals surface area contributed by atoms with E-state index < -0.39 is 13.4 Å². The number of quaternary nitrogens is 1. The molecule has 4 N–H and O–H groups in total. The van der Waals surface area contributed by atoms with Crippen LogP contribution in [0.25, 0.3) is 0 Å². The van der Waals surface area contributed by atoms with Gasteiger partial charge < -0.3 is 48.9 Å². The Hall–Kier alpha value is 1.02. The van der Waals surface area contributed by atoms with E-state index in [1.807, 2.05) is 0 Å². The molecule has 0 atom stereocenters. The lowest BCUT2D eigenvalue weighted by molar-refractivity contribution is -0.413. The van der Waals surface area contributed by atoms with Gasteiger partial charge in [0.15, 0.2) is 0 Å². The molecule has 0 unspecified atom stereocenters. The first-order chi connectivity index (χ1) is 6.83. The quantitative estimate of drug-likeness (QED) is 0.487. The Kier molecular flexibility index (Phi) is 35.1. The zero-order valence-electron chi connectivity index (χ0n) is 10.6. The van der Waals surface area contributed by atoms with Crippen LogP contribution >= 0.6 is 13.4 Å². The van der Waals surface area contributed by atoms with E-state index in [1.165, 1.54) is 12.8 Å². The van der Waals surface area contributed by atoms with Gasteiger partial charge in [0.2, 0.25) is 0 Å². The van der Waals surface area contributed by atoms with E-state index in [2.05, 4.69) is 51.3 Å². The molecule has 0 radical (unpaired) electrons. The van der Waals surface area contributed by atoms with Crippen molar-refractivity contribution < 1.29 is 29.4 Å². The van der Waals surface area contributed by atoms with Crippen LogP contribution in [0.15, 0.2) is 0 Å². The molecule has 0 aromatic carbocycles. The molecule has 0 aliphatic heterocycles. The van der Waals surface area contributed by atoms with E-state index in [9.17, 15) is 0 Å². The average Bonchev–Trinajstić information content (AvgIpc) is 1.79. The van der Waals surface area contributed by atoms with Gasteiger partial charge in [0, 0.05) is 0 Å². The van der Waals surface area contributed by atoms with Crippen LogP contribution in [-0.4, -0.2) is 0 Å². The Morgan fingerprint density at radius 3 is 0.647 bits per heavy atom. The summed E-state index contributed by atoms with van der Waals surface area (Å²) in [6.45, 7) is -0.611. The third kappa shape index (κ3) is 3690. The molecule has 0 aliphatic carbocycles. The molecule has 11 heteroatoms. The normalized spacial score (nSPS) is 9.06. The third-order valence-corrected chi connectivity index (χ3v) is 0. The molecule has 0 saturated heterocycles. The highest BCUT2D eigenvalue weighted by atomic mass is 32.5. The Bertz CT molecular complexity index is 168. The largest absolute Gasteiger partial charge is 0.844 e. The molecule has 17 heavy (non-hydrogen) atoms. The highest BCUT2D eigenvalue weighted by Gasteiger charge is 1.38. The van der Waals surface area contributed by atoms with Crippen LogP contribution in [0.1, 0.15) is 40.5 Å². The monoisotopic (exact) mass is 328 g/mol. The summed E-state index contributed by atoms with van der Waals surface area (Å²) in [6.07, 6.45) is 2.50. The lowest BCUT2D eigenvalue weighted by Crippen LogP contribution is -2.23. The van der Waals surface area contributed by atoms with Crippen molar-refractivity contribution in [2.45, 2.75) is 40.5 Å². The molecular weight excluding hydrogens is 308 g/mol. The standard InChI is InChI=1S/2C3H8.H3N.2H3O3PS/c2*1-3-2;;2*1-4(2,3)5/h2*3H2,1-2H3;1H3;2*(H3,1,2,3,5)/p-5. The van der Waals surface area contributed by atoms with E-state index in [1.54, 1.807) is 0 Å². The molecule has 0 aromatic heterocycles. The van der Waals surface area contributed by atoms with Crippen molar-refractivity contribution in [3.8, 4) is 0 Å². The molecule has 0 saturated carbocycles. The fraction of sp³-hybridized carbons (Fsp3) is 1.00. The maximum Gasteiger partial charge on any atom is -0.0590 e. The van der Waals surface area contributed by atoms with Crippen molar-refractivity contribution in [3.63, 3.8) is 0 Å². The Morgan fingerprint density at radius 2 is 0.647 bits per heavy atom. The Morgan fingerprint density at radius 1 is 0.647 bits per heavy atom. The second kappa shape index (κ2) is 19.4. The van der Waals surface area contributed by atoms with E-state index >= 15 is 0 Å². The molecule has 0 amide bonds. The highest BCUT2D eigenvalue weighted by Crippen LogP contribution is 2.04. The van der Waals surface area contributed by atoms with Crippen LogP contribution in [0.3, 0.4) is 0 Å². The lowest BCUT2D eigenvalue weighted by atomic mass is 10.6. The summed E-state index contributed by atoms with van der Waals surface area (Å²) < 4.78 is 0. The van der Waals surface area contributed by atoms with E-state index in [4.69, 9.17) is 29.4 Å². The van der Waals surface area contributed by atoms with Gasteiger partial charge in [-0.25, -0.2) is 0 Å². The molecule has 0 fully saturated rings. The highest BCUT2D eigenvalue weighted by molar-refractivity contribution is 8.04. The molecule has 0 heterocycles. The van der Waals surface area contributed by atoms with Crippen molar-refractivity contribution in [3.05, 3.63) is 0 Å². The zero-order valence-corrected chi connectivity index (χ0v) is 14.0. The summed E-state index contributed by atoms with van der Waals surface area (Å²) in [4.78, 5) is 53.5. The summed E-state index contributed by atoms with van der Waals surface area (Å²) in [5, 5.41) is 0. The van der Waals surface area contributed by atoms with Crippen LogP contribution in [0.5, 0.6) is 0 Å². The van der Waals surface area contributed by atoms with Crippen LogP contribution in [0, 0.1) is 0 Å². The van der Waals surface area contributed by atoms with Crippen LogP contribution in [-0.2, 0) is 23.6 Å². The van der Waals surface area contributed by atoms with Crippen LogP contribution in [0.2, 0.25) is 0 Å². The molecule has 7 nitrogen and oxygen atoms in total. The fourth-order valence-electron chi connectivity index (χ4n) is 0. The molecule has 112 valence electrons. The molecule has 0 rings (SSSR count). The van der Waals surface area contributed by atoms with Gasteiger partial charge in [-0.2, -0.15) is 23.6 Å². The fourth-order valence-corrected chi connectivity index (χ4v) is 0. The summed E-state index contributed by atoms with van der Waals surface area (Å²) in [5.74, 6) is 0. The SMILES string of the molecule is CCC.CCC.[NH4+].[O-]P([O-])([O-])=S.[O-]P([O-])([O-])=S. The van der Waals surface area contributed by atoms with Gasteiger partial charge in [-0.1, -0.05) is 40.5 Å². The summed E-state index contributed by atoms with van der Waals surface area (Å²) in [7, 11) is 0. The minimum atomic E-state index is -4.56. The number of hydrogen-bond acceptors (Lipinski definition) is 8. The second-order valence-corrected chi connectivity index (χ2v) is 6.78. The predicted octanol–water partition coefficient (Wildman–Crippen LogP) is -2.21. The minimum absolute atomic E-state index is 0. The van der Waals surface area contributed by atoms with Gasteiger partial charge in [-0.05, 0) is 0 Å². The first kappa shape index (κ1) is 30.8. The minimum Gasteiger partial charge on any atom is -0.844 e. The van der Waals surface area contributed by atoms with Crippen molar-refractivity contribution in [1.29, 1.82) is 0 Å². The maximum absolute atomic E-state index is 8.92. The summed E-state index contributed by atoms with van der Waals surface area (Å²) >= 11 is 6.54. The molecule has 0 aromatic rings. The third-order valence-electron chi connectivity index (χ3n) is 0. The topological polar surface area (TPSA) is 175 Å². The zero-order chi connectivity index (χ0) is 14.4.